The summed E-state index contributed by atoms with van der Waals surface area (Å²) in [6.45, 7) is 0.983. The van der Waals surface area contributed by atoms with E-state index in [-0.39, 0.29) is 6.61 Å². The van der Waals surface area contributed by atoms with Crippen molar-refractivity contribution in [2.24, 2.45) is 0 Å². The van der Waals surface area contributed by atoms with Gasteiger partial charge in [0.25, 0.3) is 0 Å². The lowest BCUT2D eigenvalue weighted by molar-refractivity contribution is -0.138. The largest absolute Gasteiger partial charge is 0.481 e. The Balaban J connectivity index is 2.35. The third-order valence-electron chi connectivity index (χ3n) is 2.72. The summed E-state index contributed by atoms with van der Waals surface area (Å²) in [4.78, 5) is 12.9. The molecule has 0 fully saturated rings. The van der Waals surface area contributed by atoms with E-state index in [2.05, 4.69) is 0 Å². The van der Waals surface area contributed by atoms with Crippen molar-refractivity contribution in [2.45, 2.75) is 5.92 Å². The lowest BCUT2D eigenvalue weighted by Crippen LogP contribution is -2.27. The highest BCUT2D eigenvalue weighted by atomic mass is 16.4. The number of aliphatic hydroxyl groups excluding tert-OH is 1. The molecule has 1 aromatic carbocycles. The highest BCUT2D eigenvalue weighted by Gasteiger charge is 2.32. The monoisotopic (exact) mass is 207 g/mol. The third-order valence-corrected chi connectivity index (χ3v) is 2.72. The predicted molar refractivity (Wildman–Crippen MR) is 56.1 cm³/mol. The van der Waals surface area contributed by atoms with E-state index in [0.717, 1.165) is 11.3 Å². The van der Waals surface area contributed by atoms with Gasteiger partial charge in [-0.25, -0.2) is 0 Å². The molecule has 1 aliphatic heterocycles. The van der Waals surface area contributed by atoms with Gasteiger partial charge >= 0.3 is 5.97 Å². The number of hydrogen-bond acceptors (Lipinski definition) is 3. The van der Waals surface area contributed by atoms with Crippen molar-refractivity contribution in [3.05, 3.63) is 29.8 Å². The van der Waals surface area contributed by atoms with Gasteiger partial charge in [-0.05, 0) is 11.6 Å². The second kappa shape index (κ2) is 3.90. The Morgan fingerprint density at radius 3 is 2.87 bits per heavy atom. The number of carbonyl (C=O) groups is 1. The summed E-state index contributed by atoms with van der Waals surface area (Å²) in [7, 11) is 0. The highest BCUT2D eigenvalue weighted by Crippen LogP contribution is 2.35. The maximum atomic E-state index is 11.0. The van der Waals surface area contributed by atoms with E-state index in [9.17, 15) is 4.79 Å². The maximum Gasteiger partial charge on any atom is 0.312 e. The summed E-state index contributed by atoms with van der Waals surface area (Å²) in [6, 6.07) is 7.46. The molecular formula is C11H13NO3. The highest BCUT2D eigenvalue weighted by molar-refractivity contribution is 5.82. The summed E-state index contributed by atoms with van der Waals surface area (Å²) in [6.07, 6.45) is 0. The standard InChI is InChI=1S/C11H13NO3/c13-6-5-12-7-9(11(14)15)8-3-1-2-4-10(8)12/h1-4,9,13H,5-7H2,(H,14,15). The molecule has 0 aliphatic carbocycles. The van der Waals surface area contributed by atoms with Crippen LogP contribution in [0.15, 0.2) is 24.3 Å². The fourth-order valence-corrected chi connectivity index (χ4v) is 2.03. The molecule has 0 saturated heterocycles. The molecule has 4 heteroatoms. The van der Waals surface area contributed by atoms with Crippen LogP contribution in [0.3, 0.4) is 0 Å². The molecule has 1 atom stereocenters. The second-order valence-electron chi connectivity index (χ2n) is 3.62. The minimum Gasteiger partial charge on any atom is -0.481 e. The first-order valence-corrected chi connectivity index (χ1v) is 4.91. The van der Waals surface area contributed by atoms with Crippen LogP contribution in [0, 0.1) is 0 Å². The number of para-hydroxylation sites is 1. The summed E-state index contributed by atoms with van der Waals surface area (Å²) in [5.41, 5.74) is 1.78. The van der Waals surface area contributed by atoms with Crippen LogP contribution in [0.4, 0.5) is 5.69 Å². The van der Waals surface area contributed by atoms with Crippen molar-refractivity contribution in [3.8, 4) is 0 Å². The Morgan fingerprint density at radius 1 is 1.47 bits per heavy atom. The lowest BCUT2D eigenvalue weighted by Gasteiger charge is -2.17. The number of carboxylic acid groups (broad SMARTS) is 1. The van der Waals surface area contributed by atoms with Crippen LogP contribution >= 0.6 is 0 Å². The van der Waals surface area contributed by atoms with Crippen molar-refractivity contribution in [3.63, 3.8) is 0 Å². The van der Waals surface area contributed by atoms with Crippen molar-refractivity contribution in [1.82, 2.24) is 0 Å². The molecule has 1 aliphatic rings. The molecule has 0 saturated carbocycles. The predicted octanol–water partition coefficient (Wildman–Crippen LogP) is 0.667. The smallest absolute Gasteiger partial charge is 0.312 e. The van der Waals surface area contributed by atoms with Crippen LogP contribution in [-0.4, -0.2) is 35.9 Å². The van der Waals surface area contributed by atoms with Crippen LogP contribution in [0.2, 0.25) is 0 Å². The molecule has 1 unspecified atom stereocenters. The number of aliphatic hydroxyl groups is 1. The Morgan fingerprint density at radius 2 is 2.20 bits per heavy atom. The van der Waals surface area contributed by atoms with E-state index < -0.39 is 11.9 Å². The molecule has 0 bridgehead atoms. The van der Waals surface area contributed by atoms with Gasteiger partial charge < -0.3 is 15.1 Å². The Labute approximate surface area is 87.8 Å². The molecule has 2 N–H and O–H groups in total. The molecule has 2 rings (SSSR count). The normalized spacial score (nSPS) is 19.0. The summed E-state index contributed by atoms with van der Waals surface area (Å²) in [5, 5.41) is 17.9. The third kappa shape index (κ3) is 1.68. The SMILES string of the molecule is O=C(O)C1CN(CCO)c2ccccc21. The number of fused-ring (bicyclic) bond motifs is 1. The molecular weight excluding hydrogens is 194 g/mol. The zero-order valence-corrected chi connectivity index (χ0v) is 8.26. The molecule has 1 heterocycles. The van der Waals surface area contributed by atoms with Gasteiger partial charge in [-0.1, -0.05) is 18.2 Å². The zero-order valence-electron chi connectivity index (χ0n) is 8.26. The number of anilines is 1. The van der Waals surface area contributed by atoms with Gasteiger partial charge in [-0.2, -0.15) is 0 Å². The summed E-state index contributed by atoms with van der Waals surface area (Å²) in [5.74, 6) is -1.27. The number of β-amino-alcohol motifs (C(OH)–C–C–N with tert-alkyl or cyclic N) is 1. The topological polar surface area (TPSA) is 60.8 Å². The average molecular weight is 207 g/mol. The fourth-order valence-electron chi connectivity index (χ4n) is 2.03. The van der Waals surface area contributed by atoms with Crippen molar-refractivity contribution in [1.29, 1.82) is 0 Å². The number of nitrogens with zero attached hydrogens (tertiary/aromatic N) is 1. The molecule has 0 radical (unpaired) electrons. The quantitative estimate of drug-likeness (QED) is 0.764. The van der Waals surface area contributed by atoms with Gasteiger partial charge in [-0.15, -0.1) is 0 Å². The van der Waals surface area contributed by atoms with E-state index in [1.807, 2.05) is 29.2 Å². The molecule has 0 spiro atoms. The first-order valence-electron chi connectivity index (χ1n) is 4.91. The van der Waals surface area contributed by atoms with E-state index in [1.54, 1.807) is 0 Å². The van der Waals surface area contributed by atoms with E-state index in [4.69, 9.17) is 10.2 Å². The van der Waals surface area contributed by atoms with Crippen LogP contribution in [0.5, 0.6) is 0 Å². The molecule has 0 amide bonds. The van der Waals surface area contributed by atoms with Gasteiger partial charge in [0.2, 0.25) is 0 Å². The van der Waals surface area contributed by atoms with Gasteiger partial charge in [0.15, 0.2) is 0 Å². The van der Waals surface area contributed by atoms with Crippen LogP contribution < -0.4 is 4.90 Å². The second-order valence-corrected chi connectivity index (χ2v) is 3.62. The number of rotatable bonds is 3. The van der Waals surface area contributed by atoms with E-state index >= 15 is 0 Å². The summed E-state index contributed by atoms with van der Waals surface area (Å²) < 4.78 is 0. The molecule has 15 heavy (non-hydrogen) atoms. The molecule has 4 nitrogen and oxygen atoms in total. The van der Waals surface area contributed by atoms with Crippen LogP contribution in [0.25, 0.3) is 0 Å². The fraction of sp³-hybridized carbons (Fsp3) is 0.364. The Kier molecular flexibility index (Phi) is 2.60. The molecule has 80 valence electrons. The first-order chi connectivity index (χ1) is 7.24. The van der Waals surface area contributed by atoms with Crippen molar-refractivity contribution < 1.29 is 15.0 Å². The maximum absolute atomic E-state index is 11.0. The van der Waals surface area contributed by atoms with Crippen molar-refractivity contribution in [2.75, 3.05) is 24.6 Å². The van der Waals surface area contributed by atoms with Crippen LogP contribution in [-0.2, 0) is 4.79 Å². The van der Waals surface area contributed by atoms with Crippen molar-refractivity contribution >= 4 is 11.7 Å². The van der Waals surface area contributed by atoms with Crippen LogP contribution in [0.1, 0.15) is 11.5 Å². The molecule has 0 aromatic heterocycles. The number of hydrogen-bond donors (Lipinski definition) is 2. The number of aliphatic carboxylic acids is 1. The lowest BCUT2D eigenvalue weighted by atomic mass is 10.0. The Hall–Kier alpha value is -1.55. The average Bonchev–Trinajstić information content (AvgIpc) is 2.59. The minimum absolute atomic E-state index is 0.0423. The van der Waals surface area contributed by atoms with Gasteiger partial charge in [0.1, 0.15) is 5.92 Å². The minimum atomic E-state index is -0.803. The van der Waals surface area contributed by atoms with Gasteiger partial charge in [-0.3, -0.25) is 4.79 Å². The number of benzene rings is 1. The summed E-state index contributed by atoms with van der Waals surface area (Å²) >= 11 is 0. The van der Waals surface area contributed by atoms with E-state index in [1.165, 1.54) is 0 Å². The number of carboxylic acids is 1. The Bertz CT molecular complexity index is 378. The van der Waals surface area contributed by atoms with E-state index in [0.29, 0.717) is 13.1 Å². The first kappa shape index (κ1) is 9.98. The van der Waals surface area contributed by atoms with Gasteiger partial charge in [0.05, 0.1) is 6.61 Å². The zero-order chi connectivity index (χ0) is 10.8. The molecule has 1 aromatic rings. The van der Waals surface area contributed by atoms with Gasteiger partial charge in [0, 0.05) is 18.8 Å².